The molecule has 0 saturated carbocycles. The van der Waals surface area contributed by atoms with E-state index in [0.717, 1.165) is 6.42 Å². The van der Waals surface area contributed by atoms with Crippen molar-refractivity contribution >= 4 is 5.91 Å². The highest BCUT2D eigenvalue weighted by molar-refractivity contribution is 5.81. The van der Waals surface area contributed by atoms with E-state index >= 15 is 0 Å². The van der Waals surface area contributed by atoms with Crippen LogP contribution in [0.25, 0.3) is 0 Å². The molecule has 1 saturated heterocycles. The van der Waals surface area contributed by atoms with Gasteiger partial charge in [0.15, 0.2) is 0 Å². The van der Waals surface area contributed by atoms with Crippen LogP contribution in [0, 0.1) is 5.41 Å². The molecule has 1 aliphatic heterocycles. The molecule has 1 heterocycles. The summed E-state index contributed by atoms with van der Waals surface area (Å²) in [6.45, 7) is 6.34. The van der Waals surface area contributed by atoms with Crippen LogP contribution in [0.5, 0.6) is 0 Å². The van der Waals surface area contributed by atoms with Gasteiger partial charge in [-0.2, -0.15) is 0 Å². The summed E-state index contributed by atoms with van der Waals surface area (Å²) >= 11 is 0. The van der Waals surface area contributed by atoms with E-state index in [0.29, 0.717) is 6.42 Å². The summed E-state index contributed by atoms with van der Waals surface area (Å²) in [6, 6.07) is -0.0773. The summed E-state index contributed by atoms with van der Waals surface area (Å²) in [5, 5.41) is 15.7. The van der Waals surface area contributed by atoms with Gasteiger partial charge in [0.05, 0.1) is 12.1 Å². The van der Waals surface area contributed by atoms with E-state index in [2.05, 4.69) is 31.4 Å². The Labute approximate surface area is 91.4 Å². The van der Waals surface area contributed by atoms with Crippen molar-refractivity contribution < 1.29 is 9.90 Å². The quantitative estimate of drug-likeness (QED) is 0.587. The zero-order valence-electron chi connectivity index (χ0n) is 10.0. The van der Waals surface area contributed by atoms with Crippen LogP contribution in [0.4, 0.5) is 0 Å². The third-order valence-corrected chi connectivity index (χ3v) is 3.03. The lowest BCUT2D eigenvalue weighted by molar-refractivity contribution is -0.125. The Hall–Kier alpha value is -0.610. The van der Waals surface area contributed by atoms with Gasteiger partial charge in [0.1, 0.15) is 0 Å². The lowest BCUT2D eigenvalue weighted by Gasteiger charge is -2.40. The van der Waals surface area contributed by atoms with Gasteiger partial charge in [-0.05, 0) is 18.3 Å². The minimum atomic E-state index is -0.377. The number of nitrogens with one attached hydrogen (secondary N) is 2. The van der Waals surface area contributed by atoms with Crippen molar-refractivity contribution in [3.63, 3.8) is 0 Å². The molecule has 0 aromatic heterocycles. The predicted octanol–water partition coefficient (Wildman–Crippen LogP) is 0.260. The number of likely N-dealkylation sites (N-methyl/N-ethyl adjacent to an activating group) is 1. The monoisotopic (exact) mass is 214 g/mol. The predicted molar refractivity (Wildman–Crippen MR) is 59.5 cm³/mol. The highest BCUT2D eigenvalue weighted by Crippen LogP contribution is 2.27. The van der Waals surface area contributed by atoms with E-state index in [1.807, 2.05) is 0 Å². The third-order valence-electron chi connectivity index (χ3n) is 3.03. The second-order valence-corrected chi connectivity index (χ2v) is 5.38. The second-order valence-electron chi connectivity index (χ2n) is 5.38. The summed E-state index contributed by atoms with van der Waals surface area (Å²) in [5.74, 6) is -0.0389. The second kappa shape index (κ2) is 4.49. The molecule has 0 bridgehead atoms. The van der Waals surface area contributed by atoms with Gasteiger partial charge < -0.3 is 15.7 Å². The smallest absolute Gasteiger partial charge is 0.236 e. The Kier molecular flexibility index (Phi) is 3.73. The van der Waals surface area contributed by atoms with Gasteiger partial charge in [-0.1, -0.05) is 20.8 Å². The summed E-state index contributed by atoms with van der Waals surface area (Å²) in [6.07, 6.45) is 0.848. The van der Waals surface area contributed by atoms with Crippen molar-refractivity contribution in [3.8, 4) is 0 Å². The van der Waals surface area contributed by atoms with Crippen LogP contribution in [-0.4, -0.2) is 36.2 Å². The van der Waals surface area contributed by atoms with Gasteiger partial charge in [-0.3, -0.25) is 4.79 Å². The number of hydrogen-bond acceptors (Lipinski definition) is 3. The lowest BCUT2D eigenvalue weighted by Crippen LogP contribution is -2.57. The van der Waals surface area contributed by atoms with Crippen LogP contribution in [-0.2, 0) is 4.79 Å². The molecule has 0 aliphatic carbocycles. The lowest BCUT2D eigenvalue weighted by atomic mass is 9.79. The fraction of sp³-hybridized carbons (Fsp3) is 0.909. The first kappa shape index (κ1) is 12.5. The van der Waals surface area contributed by atoms with Gasteiger partial charge >= 0.3 is 0 Å². The summed E-state index contributed by atoms with van der Waals surface area (Å²) in [5.41, 5.74) is 0.0632. The van der Waals surface area contributed by atoms with E-state index in [1.165, 1.54) is 0 Å². The molecule has 0 unspecified atom stereocenters. The number of piperidine rings is 1. The number of rotatable bonds is 1. The molecule has 0 aromatic carbocycles. The molecule has 1 rings (SSSR count). The van der Waals surface area contributed by atoms with E-state index in [-0.39, 0.29) is 29.5 Å². The highest BCUT2D eigenvalue weighted by Gasteiger charge is 2.36. The van der Waals surface area contributed by atoms with Crippen molar-refractivity contribution in [2.45, 2.75) is 51.8 Å². The van der Waals surface area contributed by atoms with Crippen LogP contribution >= 0.6 is 0 Å². The molecule has 3 N–H and O–H groups in total. The number of aliphatic hydroxyl groups excluding tert-OH is 1. The maximum absolute atomic E-state index is 11.5. The summed E-state index contributed by atoms with van der Waals surface area (Å²) in [4.78, 5) is 11.5. The van der Waals surface area contributed by atoms with E-state index < -0.39 is 0 Å². The Morgan fingerprint density at radius 2 is 2.00 bits per heavy atom. The van der Waals surface area contributed by atoms with Gasteiger partial charge in [0, 0.05) is 13.1 Å². The highest BCUT2D eigenvalue weighted by atomic mass is 16.3. The minimum absolute atomic E-state index is 0.0389. The molecule has 15 heavy (non-hydrogen) atoms. The van der Waals surface area contributed by atoms with Crippen LogP contribution in [0.15, 0.2) is 0 Å². The number of aliphatic hydroxyl groups is 1. The maximum Gasteiger partial charge on any atom is 0.236 e. The van der Waals surface area contributed by atoms with E-state index in [1.54, 1.807) is 7.05 Å². The molecule has 0 spiro atoms. The number of carbonyl (C=O) groups excluding carboxylic acids is 1. The van der Waals surface area contributed by atoms with Crippen LogP contribution < -0.4 is 10.6 Å². The zero-order valence-corrected chi connectivity index (χ0v) is 10.0. The number of carbonyl (C=O) groups is 1. The van der Waals surface area contributed by atoms with Gasteiger partial charge in [0.25, 0.3) is 0 Å². The van der Waals surface area contributed by atoms with Gasteiger partial charge in [0.2, 0.25) is 5.91 Å². The van der Waals surface area contributed by atoms with Crippen molar-refractivity contribution in [1.82, 2.24) is 10.6 Å². The average molecular weight is 214 g/mol. The number of hydrogen-bond donors (Lipinski definition) is 3. The normalized spacial score (nSPS) is 32.5. The molecule has 88 valence electrons. The number of amides is 1. The largest absolute Gasteiger partial charge is 0.393 e. The van der Waals surface area contributed by atoms with Crippen molar-refractivity contribution in [3.05, 3.63) is 0 Å². The fourth-order valence-electron chi connectivity index (χ4n) is 1.98. The Morgan fingerprint density at radius 1 is 1.40 bits per heavy atom. The van der Waals surface area contributed by atoms with Crippen molar-refractivity contribution in [2.24, 2.45) is 5.41 Å². The first-order valence-electron chi connectivity index (χ1n) is 5.50. The molecule has 0 radical (unpaired) electrons. The molecule has 1 amide bonds. The van der Waals surface area contributed by atoms with Crippen LogP contribution in [0.1, 0.15) is 33.6 Å². The van der Waals surface area contributed by atoms with Gasteiger partial charge in [-0.25, -0.2) is 0 Å². The minimum Gasteiger partial charge on any atom is -0.393 e. The Bertz CT molecular complexity index is 235. The van der Waals surface area contributed by atoms with Crippen LogP contribution in [0.2, 0.25) is 0 Å². The SMILES string of the molecule is CNC(=O)[C@H]1C[C@@H](O)C[C@@H](C(C)(C)C)N1. The Balaban J connectivity index is 2.68. The summed E-state index contributed by atoms with van der Waals surface area (Å²) in [7, 11) is 1.62. The Morgan fingerprint density at radius 3 is 2.47 bits per heavy atom. The molecule has 4 nitrogen and oxygen atoms in total. The van der Waals surface area contributed by atoms with E-state index in [4.69, 9.17) is 0 Å². The standard InChI is InChI=1S/C11H22N2O2/c1-11(2,3)9-6-7(14)5-8(13-9)10(15)12-4/h7-9,13-14H,5-6H2,1-4H3,(H,12,15)/t7-,8-,9+/m1/s1. The maximum atomic E-state index is 11.5. The molecule has 4 heteroatoms. The van der Waals surface area contributed by atoms with Crippen molar-refractivity contribution in [2.75, 3.05) is 7.05 Å². The van der Waals surface area contributed by atoms with E-state index in [9.17, 15) is 9.90 Å². The topological polar surface area (TPSA) is 61.4 Å². The average Bonchev–Trinajstić information content (AvgIpc) is 2.14. The first-order chi connectivity index (χ1) is 6.84. The zero-order chi connectivity index (χ0) is 11.6. The summed E-state index contributed by atoms with van der Waals surface area (Å²) < 4.78 is 0. The fourth-order valence-corrected chi connectivity index (χ4v) is 1.98. The molecule has 1 aliphatic rings. The van der Waals surface area contributed by atoms with Gasteiger partial charge in [-0.15, -0.1) is 0 Å². The molecule has 0 aromatic rings. The molecular formula is C11H22N2O2. The third kappa shape index (κ3) is 3.18. The molecule has 3 atom stereocenters. The molecular weight excluding hydrogens is 192 g/mol. The first-order valence-corrected chi connectivity index (χ1v) is 5.50. The van der Waals surface area contributed by atoms with Crippen LogP contribution in [0.3, 0.4) is 0 Å². The molecule has 1 fully saturated rings. The van der Waals surface area contributed by atoms with Crippen molar-refractivity contribution in [1.29, 1.82) is 0 Å².